The van der Waals surface area contributed by atoms with Gasteiger partial charge in [-0.15, -0.1) is 11.8 Å². The Labute approximate surface area is 119 Å². The zero-order valence-electron chi connectivity index (χ0n) is 11.2. The van der Waals surface area contributed by atoms with Crippen LogP contribution < -0.4 is 5.32 Å². The van der Waals surface area contributed by atoms with Crippen LogP contribution in [0.5, 0.6) is 0 Å². The van der Waals surface area contributed by atoms with Crippen LogP contribution in [0.25, 0.3) is 0 Å². The fraction of sp³-hybridized carbons (Fsp3) is 0.667. The Kier molecular flexibility index (Phi) is 4.10. The van der Waals surface area contributed by atoms with Gasteiger partial charge in [-0.25, -0.2) is 4.98 Å². The van der Waals surface area contributed by atoms with Crippen LogP contribution in [0.4, 0.5) is 0 Å². The van der Waals surface area contributed by atoms with Crippen molar-refractivity contribution in [3.63, 3.8) is 0 Å². The van der Waals surface area contributed by atoms with E-state index in [0.717, 1.165) is 17.9 Å². The van der Waals surface area contributed by atoms with Gasteiger partial charge in [0.25, 0.3) is 0 Å². The standard InChI is InChI=1S/C15H22N2OS/c18-11-15(17-12-6-7-12)8-3-4-13(10-15)19-14-5-1-2-9-16-14/h1-2,5,9,12-13,17-18H,3-4,6-8,10-11H2. The maximum absolute atomic E-state index is 9.81. The highest BCUT2D eigenvalue weighted by Gasteiger charge is 2.40. The van der Waals surface area contributed by atoms with E-state index in [1.54, 1.807) is 0 Å². The molecule has 2 aliphatic rings. The Bertz CT molecular complexity index is 410. The fourth-order valence-electron chi connectivity index (χ4n) is 2.98. The van der Waals surface area contributed by atoms with Gasteiger partial charge in [0.15, 0.2) is 0 Å². The number of hydrogen-bond donors (Lipinski definition) is 2. The molecule has 2 fully saturated rings. The summed E-state index contributed by atoms with van der Waals surface area (Å²) in [6.07, 6.45) is 9.01. The zero-order chi connectivity index (χ0) is 13.1. The Morgan fingerprint density at radius 2 is 2.26 bits per heavy atom. The molecule has 1 aromatic rings. The van der Waals surface area contributed by atoms with E-state index in [0.29, 0.717) is 11.3 Å². The van der Waals surface area contributed by atoms with Gasteiger partial charge in [-0.1, -0.05) is 12.5 Å². The van der Waals surface area contributed by atoms with Crippen molar-refractivity contribution in [3.05, 3.63) is 24.4 Å². The van der Waals surface area contributed by atoms with Gasteiger partial charge < -0.3 is 10.4 Å². The van der Waals surface area contributed by atoms with E-state index >= 15 is 0 Å². The topological polar surface area (TPSA) is 45.1 Å². The first-order chi connectivity index (χ1) is 9.30. The molecule has 0 bridgehead atoms. The third-order valence-corrected chi connectivity index (χ3v) is 5.33. The van der Waals surface area contributed by atoms with Gasteiger partial charge in [0.05, 0.1) is 11.6 Å². The highest BCUT2D eigenvalue weighted by Crippen LogP contribution is 2.39. The van der Waals surface area contributed by atoms with Gasteiger partial charge in [-0.3, -0.25) is 0 Å². The maximum Gasteiger partial charge on any atom is 0.0962 e. The predicted molar refractivity (Wildman–Crippen MR) is 78.3 cm³/mol. The molecule has 2 atom stereocenters. The van der Waals surface area contributed by atoms with E-state index in [9.17, 15) is 5.11 Å². The van der Waals surface area contributed by atoms with E-state index in [2.05, 4.69) is 16.4 Å². The van der Waals surface area contributed by atoms with Crippen LogP contribution in [0.1, 0.15) is 38.5 Å². The number of aliphatic hydroxyl groups is 1. The Hall–Kier alpha value is -0.580. The molecular weight excluding hydrogens is 256 g/mol. The summed E-state index contributed by atoms with van der Waals surface area (Å²) in [5.41, 5.74) is -0.0358. The van der Waals surface area contributed by atoms with Crippen LogP contribution in [-0.4, -0.2) is 33.5 Å². The third-order valence-electron chi connectivity index (χ3n) is 4.12. The molecule has 0 amide bonds. The minimum Gasteiger partial charge on any atom is -0.394 e. The molecule has 0 aromatic carbocycles. The first-order valence-corrected chi connectivity index (χ1v) is 8.14. The molecule has 1 aromatic heterocycles. The fourth-order valence-corrected chi connectivity index (χ4v) is 4.28. The van der Waals surface area contributed by atoms with Gasteiger partial charge in [0, 0.05) is 23.0 Å². The largest absolute Gasteiger partial charge is 0.394 e. The summed E-state index contributed by atoms with van der Waals surface area (Å²) < 4.78 is 0. The number of nitrogens with zero attached hydrogens (tertiary/aromatic N) is 1. The van der Waals surface area contributed by atoms with Gasteiger partial charge >= 0.3 is 0 Å². The molecule has 2 N–H and O–H groups in total. The predicted octanol–water partition coefficient (Wildman–Crippen LogP) is 2.60. The van der Waals surface area contributed by atoms with E-state index < -0.39 is 0 Å². The van der Waals surface area contributed by atoms with Gasteiger partial charge in [-0.2, -0.15) is 0 Å². The molecule has 3 rings (SSSR count). The Morgan fingerprint density at radius 3 is 2.95 bits per heavy atom. The lowest BCUT2D eigenvalue weighted by molar-refractivity contribution is 0.122. The van der Waals surface area contributed by atoms with Crippen LogP contribution in [0.15, 0.2) is 29.4 Å². The first-order valence-electron chi connectivity index (χ1n) is 7.26. The molecular formula is C15H22N2OS. The number of aliphatic hydroxyl groups excluding tert-OH is 1. The molecule has 4 heteroatoms. The third kappa shape index (κ3) is 3.50. The average molecular weight is 278 g/mol. The Morgan fingerprint density at radius 1 is 1.37 bits per heavy atom. The molecule has 0 spiro atoms. The van der Waals surface area contributed by atoms with Crippen molar-refractivity contribution < 1.29 is 5.11 Å². The molecule has 0 saturated heterocycles. The number of hydrogen-bond acceptors (Lipinski definition) is 4. The van der Waals surface area contributed by atoms with Crippen LogP contribution in [0, 0.1) is 0 Å². The highest BCUT2D eigenvalue weighted by atomic mass is 32.2. The zero-order valence-corrected chi connectivity index (χ0v) is 12.0. The maximum atomic E-state index is 9.81. The second-order valence-corrected chi connectivity index (χ2v) is 7.18. The van der Waals surface area contributed by atoms with Gasteiger partial charge in [0.1, 0.15) is 0 Å². The average Bonchev–Trinajstić information content (AvgIpc) is 3.24. The van der Waals surface area contributed by atoms with Crippen LogP contribution in [0.2, 0.25) is 0 Å². The molecule has 0 radical (unpaired) electrons. The normalized spacial score (nSPS) is 31.3. The minimum atomic E-state index is -0.0358. The number of rotatable bonds is 5. The van der Waals surface area contributed by atoms with Crippen LogP contribution in [0.3, 0.4) is 0 Å². The number of nitrogens with one attached hydrogen (secondary N) is 1. The highest BCUT2D eigenvalue weighted by molar-refractivity contribution is 7.99. The number of aromatic nitrogens is 1. The lowest BCUT2D eigenvalue weighted by Crippen LogP contribution is -2.53. The Balaban J connectivity index is 1.63. The quantitative estimate of drug-likeness (QED) is 0.869. The van der Waals surface area contributed by atoms with Crippen molar-refractivity contribution in [3.8, 4) is 0 Å². The van der Waals surface area contributed by atoms with Crippen LogP contribution >= 0.6 is 11.8 Å². The van der Waals surface area contributed by atoms with Gasteiger partial charge in [-0.05, 0) is 44.2 Å². The first kappa shape index (κ1) is 13.4. The summed E-state index contributed by atoms with van der Waals surface area (Å²) in [6.45, 7) is 0.267. The molecule has 3 nitrogen and oxygen atoms in total. The smallest absolute Gasteiger partial charge is 0.0962 e. The minimum absolute atomic E-state index is 0.0358. The van der Waals surface area contributed by atoms with Crippen LogP contribution in [-0.2, 0) is 0 Å². The summed E-state index contributed by atoms with van der Waals surface area (Å²) >= 11 is 1.87. The van der Waals surface area contributed by atoms with E-state index in [1.165, 1.54) is 25.7 Å². The second kappa shape index (κ2) is 5.81. The van der Waals surface area contributed by atoms with E-state index in [4.69, 9.17) is 0 Å². The molecule has 104 valence electrons. The monoisotopic (exact) mass is 278 g/mol. The van der Waals surface area contributed by atoms with E-state index in [-0.39, 0.29) is 12.1 Å². The summed E-state index contributed by atoms with van der Waals surface area (Å²) in [5, 5.41) is 15.2. The molecule has 1 heterocycles. The summed E-state index contributed by atoms with van der Waals surface area (Å²) in [6, 6.07) is 6.73. The lowest BCUT2D eigenvalue weighted by atomic mass is 9.82. The summed E-state index contributed by atoms with van der Waals surface area (Å²) in [7, 11) is 0. The lowest BCUT2D eigenvalue weighted by Gasteiger charge is -2.40. The molecule has 0 aliphatic heterocycles. The van der Waals surface area contributed by atoms with Crippen molar-refractivity contribution in [1.29, 1.82) is 0 Å². The number of pyridine rings is 1. The van der Waals surface area contributed by atoms with Crippen molar-refractivity contribution in [2.75, 3.05) is 6.61 Å². The summed E-state index contributed by atoms with van der Waals surface area (Å²) in [4.78, 5) is 4.40. The number of thioether (sulfide) groups is 1. The van der Waals surface area contributed by atoms with Crippen molar-refractivity contribution in [1.82, 2.24) is 10.3 Å². The van der Waals surface area contributed by atoms with Crippen molar-refractivity contribution >= 4 is 11.8 Å². The molecule has 2 unspecified atom stereocenters. The molecule has 2 aliphatic carbocycles. The van der Waals surface area contributed by atoms with Crippen molar-refractivity contribution in [2.24, 2.45) is 0 Å². The second-order valence-electron chi connectivity index (χ2n) is 5.86. The SMILES string of the molecule is OCC1(NC2CC2)CCCC(Sc2ccccn2)C1. The summed E-state index contributed by atoms with van der Waals surface area (Å²) in [5.74, 6) is 0. The van der Waals surface area contributed by atoms with Crippen molar-refractivity contribution in [2.45, 2.75) is 60.4 Å². The molecule has 2 saturated carbocycles. The molecule has 19 heavy (non-hydrogen) atoms. The van der Waals surface area contributed by atoms with Gasteiger partial charge in [0.2, 0.25) is 0 Å². The van der Waals surface area contributed by atoms with E-state index in [1.807, 2.05) is 30.1 Å².